The fourth-order valence-electron chi connectivity index (χ4n) is 3.97. The van der Waals surface area contributed by atoms with Gasteiger partial charge in [-0.25, -0.2) is 0 Å². The molecule has 2 heterocycles. The molecule has 2 atom stereocenters. The lowest BCUT2D eigenvalue weighted by atomic mass is 9.82. The predicted molar refractivity (Wildman–Crippen MR) is 101 cm³/mol. The standard InChI is InChI=1S/C23H19NO/c1-2-8-16(9-3-1)23-14-19(18-11-5-7-13-22(18)25-23)20-15-24-21-12-6-4-10-17(20)21/h1-13,15,19,23-24H,14H2. The van der Waals surface area contributed by atoms with Gasteiger partial charge in [0.1, 0.15) is 11.9 Å². The van der Waals surface area contributed by atoms with E-state index in [9.17, 15) is 0 Å². The van der Waals surface area contributed by atoms with Gasteiger partial charge in [-0.1, -0.05) is 66.7 Å². The summed E-state index contributed by atoms with van der Waals surface area (Å²) in [4.78, 5) is 3.43. The van der Waals surface area contributed by atoms with Crippen LogP contribution < -0.4 is 4.74 Å². The van der Waals surface area contributed by atoms with Gasteiger partial charge in [-0.2, -0.15) is 0 Å². The number of rotatable bonds is 2. The second kappa shape index (κ2) is 5.82. The molecule has 0 spiro atoms. The number of aromatic amines is 1. The van der Waals surface area contributed by atoms with Crippen LogP contribution in [0.15, 0.2) is 85.1 Å². The fraction of sp³-hybridized carbons (Fsp3) is 0.130. The molecule has 0 amide bonds. The van der Waals surface area contributed by atoms with Crippen molar-refractivity contribution in [3.8, 4) is 5.75 Å². The Labute approximate surface area is 147 Å². The molecule has 3 aromatic carbocycles. The lowest BCUT2D eigenvalue weighted by Crippen LogP contribution is -2.19. The summed E-state index contributed by atoms with van der Waals surface area (Å²) in [7, 11) is 0. The molecule has 5 rings (SSSR count). The molecular weight excluding hydrogens is 306 g/mol. The van der Waals surface area contributed by atoms with Crippen LogP contribution in [0.5, 0.6) is 5.75 Å². The molecule has 25 heavy (non-hydrogen) atoms. The van der Waals surface area contributed by atoms with Crippen molar-refractivity contribution in [3.05, 3.63) is 102 Å². The maximum Gasteiger partial charge on any atom is 0.125 e. The molecule has 0 saturated heterocycles. The summed E-state index contributed by atoms with van der Waals surface area (Å²) >= 11 is 0. The second-order valence-corrected chi connectivity index (χ2v) is 6.63. The molecule has 1 N–H and O–H groups in total. The highest BCUT2D eigenvalue weighted by atomic mass is 16.5. The van der Waals surface area contributed by atoms with Crippen LogP contribution in [0.2, 0.25) is 0 Å². The van der Waals surface area contributed by atoms with Crippen LogP contribution in [0.25, 0.3) is 10.9 Å². The van der Waals surface area contributed by atoms with E-state index >= 15 is 0 Å². The molecule has 0 fully saturated rings. The van der Waals surface area contributed by atoms with E-state index in [-0.39, 0.29) is 6.10 Å². The number of benzene rings is 3. The first-order valence-corrected chi connectivity index (χ1v) is 8.77. The number of para-hydroxylation sites is 2. The molecule has 1 aliphatic rings. The van der Waals surface area contributed by atoms with Crippen molar-refractivity contribution < 1.29 is 4.74 Å². The van der Waals surface area contributed by atoms with E-state index in [1.165, 1.54) is 27.6 Å². The van der Waals surface area contributed by atoms with Crippen LogP contribution in [-0.4, -0.2) is 4.98 Å². The van der Waals surface area contributed by atoms with Crippen LogP contribution in [0.1, 0.15) is 35.1 Å². The van der Waals surface area contributed by atoms with E-state index < -0.39 is 0 Å². The first-order chi connectivity index (χ1) is 12.4. The van der Waals surface area contributed by atoms with Gasteiger partial charge in [0.15, 0.2) is 0 Å². The van der Waals surface area contributed by atoms with Crippen molar-refractivity contribution in [1.82, 2.24) is 4.98 Å². The lowest BCUT2D eigenvalue weighted by molar-refractivity contribution is 0.168. The summed E-state index contributed by atoms with van der Waals surface area (Å²) in [5.74, 6) is 1.32. The van der Waals surface area contributed by atoms with E-state index in [0.717, 1.165) is 12.2 Å². The summed E-state index contributed by atoms with van der Waals surface area (Å²) in [6.45, 7) is 0. The Morgan fingerprint density at radius 1 is 0.760 bits per heavy atom. The quantitative estimate of drug-likeness (QED) is 0.493. The Morgan fingerprint density at radius 3 is 2.44 bits per heavy atom. The maximum atomic E-state index is 6.35. The van der Waals surface area contributed by atoms with E-state index in [1.54, 1.807) is 0 Å². The topological polar surface area (TPSA) is 25.0 Å². The first-order valence-electron chi connectivity index (χ1n) is 8.77. The number of nitrogens with one attached hydrogen (secondary N) is 1. The fourth-order valence-corrected chi connectivity index (χ4v) is 3.97. The van der Waals surface area contributed by atoms with Gasteiger partial charge in [0.05, 0.1) is 0 Å². The van der Waals surface area contributed by atoms with Crippen molar-refractivity contribution >= 4 is 10.9 Å². The molecule has 122 valence electrons. The summed E-state index contributed by atoms with van der Waals surface area (Å²) in [5.41, 5.74) is 5.06. The third kappa shape index (κ3) is 2.42. The molecule has 0 aliphatic carbocycles. The molecule has 0 saturated carbocycles. The van der Waals surface area contributed by atoms with Crippen LogP contribution in [0.3, 0.4) is 0 Å². The molecule has 2 unspecified atom stereocenters. The summed E-state index contributed by atoms with van der Waals surface area (Å²) in [6, 6.07) is 27.5. The van der Waals surface area contributed by atoms with Crippen LogP contribution in [0.4, 0.5) is 0 Å². The van der Waals surface area contributed by atoms with Gasteiger partial charge in [0.2, 0.25) is 0 Å². The number of ether oxygens (including phenoxy) is 1. The highest BCUT2D eigenvalue weighted by molar-refractivity contribution is 5.84. The molecule has 1 aromatic heterocycles. The average Bonchev–Trinajstić information content (AvgIpc) is 3.12. The van der Waals surface area contributed by atoms with Gasteiger partial charge < -0.3 is 9.72 Å². The maximum absolute atomic E-state index is 6.35. The molecule has 2 heteroatoms. The zero-order valence-electron chi connectivity index (χ0n) is 13.9. The third-order valence-corrected chi connectivity index (χ3v) is 5.18. The molecule has 0 bridgehead atoms. The van der Waals surface area contributed by atoms with Gasteiger partial charge in [-0.05, 0) is 29.7 Å². The number of aromatic nitrogens is 1. The SMILES string of the molecule is c1ccc(C2CC(c3c[nH]c4ccccc34)c3ccccc3O2)cc1. The predicted octanol–water partition coefficient (Wildman–Crippen LogP) is 5.82. The van der Waals surface area contributed by atoms with Crippen molar-refractivity contribution in [3.63, 3.8) is 0 Å². The third-order valence-electron chi connectivity index (χ3n) is 5.18. The summed E-state index contributed by atoms with van der Waals surface area (Å²) in [6.07, 6.45) is 3.19. The lowest BCUT2D eigenvalue weighted by Gasteiger charge is -2.32. The zero-order valence-corrected chi connectivity index (χ0v) is 13.9. The molecule has 4 aromatic rings. The molecular formula is C23H19NO. The monoisotopic (exact) mass is 325 g/mol. The molecule has 0 radical (unpaired) electrons. The summed E-state index contributed by atoms with van der Waals surface area (Å²) < 4.78 is 6.35. The number of H-pyrrole nitrogens is 1. The first kappa shape index (κ1) is 14.4. The van der Waals surface area contributed by atoms with E-state index in [4.69, 9.17) is 4.74 Å². The largest absolute Gasteiger partial charge is 0.485 e. The van der Waals surface area contributed by atoms with Gasteiger partial charge in [-0.15, -0.1) is 0 Å². The second-order valence-electron chi connectivity index (χ2n) is 6.63. The van der Waals surface area contributed by atoms with Gasteiger partial charge in [-0.3, -0.25) is 0 Å². The van der Waals surface area contributed by atoms with Crippen molar-refractivity contribution in [2.75, 3.05) is 0 Å². The average molecular weight is 325 g/mol. The van der Waals surface area contributed by atoms with Crippen molar-refractivity contribution in [2.24, 2.45) is 0 Å². The minimum Gasteiger partial charge on any atom is -0.485 e. The zero-order chi connectivity index (χ0) is 16.6. The number of fused-ring (bicyclic) bond motifs is 2. The Kier molecular flexibility index (Phi) is 3.34. The normalized spacial score (nSPS) is 19.4. The highest BCUT2D eigenvalue weighted by Crippen LogP contribution is 2.46. The van der Waals surface area contributed by atoms with Gasteiger partial charge in [0.25, 0.3) is 0 Å². The molecule has 2 nitrogen and oxygen atoms in total. The van der Waals surface area contributed by atoms with Crippen molar-refractivity contribution in [2.45, 2.75) is 18.4 Å². The van der Waals surface area contributed by atoms with Crippen LogP contribution >= 0.6 is 0 Å². The van der Waals surface area contributed by atoms with Gasteiger partial charge >= 0.3 is 0 Å². The van der Waals surface area contributed by atoms with E-state index in [1.807, 2.05) is 0 Å². The van der Waals surface area contributed by atoms with Crippen molar-refractivity contribution in [1.29, 1.82) is 0 Å². The van der Waals surface area contributed by atoms with Crippen LogP contribution in [-0.2, 0) is 0 Å². The summed E-state index contributed by atoms with van der Waals surface area (Å²) in [5, 5.41) is 1.30. The Bertz CT molecular complexity index is 1020. The highest BCUT2D eigenvalue weighted by Gasteiger charge is 2.31. The smallest absolute Gasteiger partial charge is 0.125 e. The Hall–Kier alpha value is -3.00. The minimum absolute atomic E-state index is 0.0785. The Morgan fingerprint density at radius 2 is 1.52 bits per heavy atom. The van der Waals surface area contributed by atoms with Gasteiger partial charge in [0, 0.05) is 28.6 Å². The minimum atomic E-state index is 0.0785. The van der Waals surface area contributed by atoms with E-state index in [0.29, 0.717) is 5.92 Å². The molecule has 1 aliphatic heterocycles. The number of hydrogen-bond acceptors (Lipinski definition) is 1. The van der Waals surface area contributed by atoms with E-state index in [2.05, 4.69) is 90.0 Å². The van der Waals surface area contributed by atoms with Crippen LogP contribution in [0, 0.1) is 0 Å². The number of hydrogen-bond donors (Lipinski definition) is 1. The Balaban J connectivity index is 1.64.